The van der Waals surface area contributed by atoms with Gasteiger partial charge in [0.05, 0.1) is 11.5 Å². The lowest BCUT2D eigenvalue weighted by Crippen LogP contribution is -2.39. The van der Waals surface area contributed by atoms with Gasteiger partial charge in [-0.3, -0.25) is 0 Å². The highest BCUT2D eigenvalue weighted by molar-refractivity contribution is 7.91. The summed E-state index contributed by atoms with van der Waals surface area (Å²) in [7, 11) is -2.86. The molecule has 0 aromatic rings. The minimum Gasteiger partial charge on any atom is -0.465 e. The summed E-state index contributed by atoms with van der Waals surface area (Å²) < 4.78 is 27.8. The van der Waals surface area contributed by atoms with Crippen LogP contribution >= 0.6 is 12.2 Å². The average molecular weight is 251 g/mol. The largest absolute Gasteiger partial charge is 0.465 e. The van der Waals surface area contributed by atoms with Crippen LogP contribution in [-0.2, 0) is 14.6 Å². The summed E-state index contributed by atoms with van der Waals surface area (Å²) in [6, 6.07) is -0.0927. The Labute approximate surface area is 96.3 Å². The predicted octanol–water partition coefficient (Wildman–Crippen LogP) is 0.863. The van der Waals surface area contributed by atoms with Gasteiger partial charge in [-0.05, 0) is 39.4 Å². The van der Waals surface area contributed by atoms with Crippen molar-refractivity contribution in [3.63, 3.8) is 0 Å². The monoisotopic (exact) mass is 251 g/mol. The van der Waals surface area contributed by atoms with Crippen molar-refractivity contribution in [3.05, 3.63) is 0 Å². The lowest BCUT2D eigenvalue weighted by atomic mass is 10.2. The van der Waals surface area contributed by atoms with Crippen molar-refractivity contribution in [2.45, 2.75) is 38.8 Å². The van der Waals surface area contributed by atoms with Gasteiger partial charge in [0.25, 0.3) is 5.17 Å². The van der Waals surface area contributed by atoms with Crippen molar-refractivity contribution in [1.82, 2.24) is 5.32 Å². The Morgan fingerprint density at radius 3 is 2.47 bits per heavy atom. The van der Waals surface area contributed by atoms with Gasteiger partial charge in [0.15, 0.2) is 9.84 Å². The zero-order valence-electron chi connectivity index (χ0n) is 9.24. The van der Waals surface area contributed by atoms with Crippen LogP contribution in [0.25, 0.3) is 0 Å². The Kier molecular flexibility index (Phi) is 3.60. The zero-order valence-corrected chi connectivity index (χ0v) is 10.9. The van der Waals surface area contributed by atoms with Crippen molar-refractivity contribution in [2.75, 3.05) is 11.5 Å². The van der Waals surface area contributed by atoms with Crippen LogP contribution in [0.1, 0.15) is 27.2 Å². The number of hydrogen-bond acceptors (Lipinski definition) is 4. The molecule has 1 N–H and O–H groups in total. The number of sulfone groups is 1. The van der Waals surface area contributed by atoms with Gasteiger partial charge in [-0.2, -0.15) is 0 Å². The van der Waals surface area contributed by atoms with E-state index >= 15 is 0 Å². The molecule has 0 aromatic heterocycles. The molecule has 0 aromatic carbocycles. The standard InChI is InChI=1S/C9H17NO3S2/c1-9(2,3)13-8(14)10-7-4-5-15(11,12)6-7/h7H,4-6H2,1-3H3,(H,10,14). The molecule has 1 aliphatic rings. The molecule has 1 rings (SSSR count). The third-order valence-corrected chi connectivity index (χ3v) is 3.92. The Bertz CT molecular complexity index is 343. The van der Waals surface area contributed by atoms with Crippen LogP contribution in [0.5, 0.6) is 0 Å². The van der Waals surface area contributed by atoms with Gasteiger partial charge >= 0.3 is 0 Å². The number of thiocarbonyl (C=S) groups is 1. The highest BCUT2D eigenvalue weighted by Crippen LogP contribution is 2.13. The minimum atomic E-state index is -2.86. The Morgan fingerprint density at radius 1 is 1.47 bits per heavy atom. The first kappa shape index (κ1) is 12.7. The van der Waals surface area contributed by atoms with E-state index in [2.05, 4.69) is 5.32 Å². The maximum absolute atomic E-state index is 11.2. The number of ether oxygens (including phenoxy) is 1. The van der Waals surface area contributed by atoms with E-state index < -0.39 is 9.84 Å². The molecule has 0 spiro atoms. The molecule has 4 nitrogen and oxygen atoms in total. The van der Waals surface area contributed by atoms with E-state index in [1.165, 1.54) is 0 Å². The normalized spacial score (nSPS) is 24.9. The Balaban J connectivity index is 2.41. The summed E-state index contributed by atoms with van der Waals surface area (Å²) >= 11 is 4.99. The molecule has 1 atom stereocenters. The van der Waals surface area contributed by atoms with Gasteiger partial charge in [-0.1, -0.05) is 0 Å². The summed E-state index contributed by atoms with van der Waals surface area (Å²) in [5.41, 5.74) is -0.346. The van der Waals surface area contributed by atoms with Crippen LogP contribution < -0.4 is 5.32 Å². The summed E-state index contributed by atoms with van der Waals surface area (Å²) in [6.45, 7) is 5.69. The Morgan fingerprint density at radius 2 is 2.07 bits per heavy atom. The lowest BCUT2D eigenvalue weighted by molar-refractivity contribution is 0.113. The molecule has 0 amide bonds. The van der Waals surface area contributed by atoms with E-state index in [-0.39, 0.29) is 28.3 Å². The van der Waals surface area contributed by atoms with Crippen LogP contribution in [-0.4, -0.2) is 36.7 Å². The highest BCUT2D eigenvalue weighted by atomic mass is 32.2. The van der Waals surface area contributed by atoms with E-state index in [0.29, 0.717) is 6.42 Å². The molecule has 0 bridgehead atoms. The van der Waals surface area contributed by atoms with E-state index in [0.717, 1.165) is 0 Å². The quantitative estimate of drug-likeness (QED) is 0.701. The fraction of sp³-hybridized carbons (Fsp3) is 0.889. The Hall–Kier alpha value is -0.360. The zero-order chi connectivity index (χ0) is 11.7. The fourth-order valence-electron chi connectivity index (χ4n) is 1.38. The van der Waals surface area contributed by atoms with Gasteiger partial charge in [0, 0.05) is 6.04 Å². The van der Waals surface area contributed by atoms with E-state index in [9.17, 15) is 8.42 Å². The average Bonchev–Trinajstić information content (AvgIpc) is 2.25. The third-order valence-electron chi connectivity index (χ3n) is 1.95. The van der Waals surface area contributed by atoms with Gasteiger partial charge in [0.1, 0.15) is 5.60 Å². The molecule has 1 fully saturated rings. The number of hydrogen-bond donors (Lipinski definition) is 1. The molecule has 0 aliphatic carbocycles. The van der Waals surface area contributed by atoms with Crippen molar-refractivity contribution in [1.29, 1.82) is 0 Å². The van der Waals surface area contributed by atoms with Crippen molar-refractivity contribution in [3.8, 4) is 0 Å². The molecule has 15 heavy (non-hydrogen) atoms. The molecular weight excluding hydrogens is 234 g/mol. The first-order valence-electron chi connectivity index (χ1n) is 4.88. The smallest absolute Gasteiger partial charge is 0.257 e. The minimum absolute atomic E-state index is 0.0927. The fourth-order valence-corrected chi connectivity index (χ4v) is 3.47. The second-order valence-electron chi connectivity index (χ2n) is 4.75. The van der Waals surface area contributed by atoms with Gasteiger partial charge in [-0.25, -0.2) is 8.42 Å². The third kappa shape index (κ3) is 4.79. The van der Waals surface area contributed by atoms with Crippen molar-refractivity contribution >= 4 is 27.2 Å². The lowest BCUT2D eigenvalue weighted by Gasteiger charge is -2.23. The molecule has 0 radical (unpaired) electrons. The second kappa shape index (κ2) is 4.25. The van der Waals surface area contributed by atoms with E-state index in [1.807, 2.05) is 20.8 Å². The number of nitrogens with one attached hydrogen (secondary N) is 1. The SMILES string of the molecule is CC(C)(C)OC(=S)NC1CCS(=O)(=O)C1. The van der Waals surface area contributed by atoms with Crippen LogP contribution in [0.15, 0.2) is 0 Å². The molecule has 88 valence electrons. The van der Waals surface area contributed by atoms with Crippen LogP contribution in [0, 0.1) is 0 Å². The molecule has 1 saturated heterocycles. The molecule has 6 heteroatoms. The second-order valence-corrected chi connectivity index (χ2v) is 7.35. The topological polar surface area (TPSA) is 55.4 Å². The summed E-state index contributed by atoms with van der Waals surface area (Å²) in [4.78, 5) is 0. The van der Waals surface area contributed by atoms with Crippen molar-refractivity contribution < 1.29 is 13.2 Å². The molecule has 1 heterocycles. The first-order valence-corrected chi connectivity index (χ1v) is 7.11. The summed E-state index contributed by atoms with van der Waals surface area (Å²) in [5, 5.41) is 3.20. The molecular formula is C9H17NO3S2. The molecule has 1 aliphatic heterocycles. The van der Waals surface area contributed by atoms with Gasteiger partial charge < -0.3 is 10.1 Å². The maximum atomic E-state index is 11.2. The van der Waals surface area contributed by atoms with Crippen LogP contribution in [0.2, 0.25) is 0 Å². The molecule has 0 saturated carbocycles. The summed E-state index contributed by atoms with van der Waals surface area (Å²) in [6.07, 6.45) is 0.607. The van der Waals surface area contributed by atoms with E-state index in [1.54, 1.807) is 0 Å². The predicted molar refractivity (Wildman–Crippen MR) is 63.6 cm³/mol. The first-order chi connectivity index (χ1) is 6.68. The van der Waals surface area contributed by atoms with Crippen LogP contribution in [0.4, 0.5) is 0 Å². The molecule has 1 unspecified atom stereocenters. The van der Waals surface area contributed by atoms with E-state index in [4.69, 9.17) is 17.0 Å². The van der Waals surface area contributed by atoms with Crippen LogP contribution in [0.3, 0.4) is 0 Å². The summed E-state index contributed by atoms with van der Waals surface area (Å²) in [5.74, 6) is 0.392. The number of rotatable bonds is 1. The van der Waals surface area contributed by atoms with Gasteiger partial charge in [-0.15, -0.1) is 0 Å². The van der Waals surface area contributed by atoms with Gasteiger partial charge in [0.2, 0.25) is 0 Å². The van der Waals surface area contributed by atoms with Crippen molar-refractivity contribution in [2.24, 2.45) is 0 Å². The maximum Gasteiger partial charge on any atom is 0.257 e. The highest BCUT2D eigenvalue weighted by Gasteiger charge is 2.29.